The van der Waals surface area contributed by atoms with E-state index in [9.17, 15) is 9.59 Å². The Kier molecular flexibility index (Phi) is 8.44. The fourth-order valence-electron chi connectivity index (χ4n) is 0.631. The third kappa shape index (κ3) is 6.94. The smallest absolute Gasteiger partial charge is 0.323 e. The van der Waals surface area contributed by atoms with Gasteiger partial charge in [0.25, 0.3) is 0 Å². The first kappa shape index (κ1) is 15.6. The maximum atomic E-state index is 11.1. The average Bonchev–Trinajstić information content (AvgIpc) is 2.23. The number of hydrogen-bond donors (Lipinski definition) is 3. The lowest BCUT2D eigenvalue weighted by Crippen LogP contribution is -2.35. The van der Waals surface area contributed by atoms with E-state index in [-0.39, 0.29) is 5.75 Å². The van der Waals surface area contributed by atoms with Gasteiger partial charge in [-0.05, 0) is 6.92 Å². The summed E-state index contributed by atoms with van der Waals surface area (Å²) < 4.78 is 4.71. The number of hydrogen-bond acceptors (Lipinski definition) is 7. The largest absolute Gasteiger partial charge is 0.480 e. The molecule has 0 aliphatic carbocycles. The average molecular weight is 268 g/mol. The van der Waals surface area contributed by atoms with Crippen LogP contribution in [0, 0.1) is 0 Å². The normalized spacial score (nSPS) is 14.2. The number of aliphatic carboxylic acids is 1. The van der Waals surface area contributed by atoms with Crippen LogP contribution in [-0.2, 0) is 14.3 Å². The van der Waals surface area contributed by atoms with Crippen LogP contribution >= 0.6 is 21.6 Å². The molecule has 2 atom stereocenters. The molecule has 0 heterocycles. The second-order valence-corrected chi connectivity index (χ2v) is 5.42. The first-order valence-electron chi connectivity index (χ1n) is 4.64. The fourth-order valence-corrected chi connectivity index (χ4v) is 2.85. The minimum Gasteiger partial charge on any atom is -0.480 e. The summed E-state index contributed by atoms with van der Waals surface area (Å²) in [5, 5.41) is 8.50. The third-order valence-electron chi connectivity index (χ3n) is 1.49. The van der Waals surface area contributed by atoms with Crippen LogP contribution in [0.3, 0.4) is 0 Å². The van der Waals surface area contributed by atoms with Crippen LogP contribution in [0.4, 0.5) is 0 Å². The zero-order valence-electron chi connectivity index (χ0n) is 8.92. The summed E-state index contributed by atoms with van der Waals surface area (Å²) in [7, 11) is 2.59. The van der Waals surface area contributed by atoms with E-state index in [0.717, 1.165) is 0 Å². The molecule has 0 aliphatic rings. The molecule has 16 heavy (non-hydrogen) atoms. The molecule has 0 bridgehead atoms. The Labute approximate surface area is 102 Å². The van der Waals surface area contributed by atoms with Gasteiger partial charge in [0, 0.05) is 11.5 Å². The Bertz CT molecular complexity index is 240. The number of carboxylic acid groups (broad SMARTS) is 1. The van der Waals surface area contributed by atoms with Crippen molar-refractivity contribution in [3.05, 3.63) is 0 Å². The van der Waals surface area contributed by atoms with E-state index in [4.69, 9.17) is 21.3 Å². The van der Waals surface area contributed by atoms with Crippen molar-refractivity contribution >= 4 is 33.5 Å². The lowest BCUT2D eigenvalue weighted by molar-refractivity contribution is -0.144. The monoisotopic (exact) mass is 268 g/mol. The zero-order chi connectivity index (χ0) is 12.6. The molecule has 5 N–H and O–H groups in total. The number of nitrogens with two attached hydrogens (primary N) is 2. The summed E-state index contributed by atoms with van der Waals surface area (Å²) in [6.07, 6.45) is 0. The van der Waals surface area contributed by atoms with Crippen molar-refractivity contribution in [3.8, 4) is 0 Å². The number of carboxylic acids is 1. The molecular weight excluding hydrogens is 252 g/mol. The molecule has 0 saturated heterocycles. The highest BCUT2D eigenvalue weighted by Crippen LogP contribution is 2.22. The maximum Gasteiger partial charge on any atom is 0.323 e. The molecule has 0 amide bonds. The van der Waals surface area contributed by atoms with E-state index in [1.807, 2.05) is 0 Å². The number of carbonyl (C=O) groups is 2. The van der Waals surface area contributed by atoms with Gasteiger partial charge in [0.15, 0.2) is 0 Å². The third-order valence-corrected chi connectivity index (χ3v) is 3.96. The SMILES string of the molecule is CCOC(=O)[C@@H](N)CSSC[C@H](N)C(=O)O. The number of esters is 1. The Morgan fingerprint density at radius 3 is 2.19 bits per heavy atom. The Hall–Kier alpha value is -0.440. The molecule has 0 aromatic heterocycles. The summed E-state index contributed by atoms with van der Waals surface area (Å²) in [5.41, 5.74) is 10.8. The van der Waals surface area contributed by atoms with Crippen LogP contribution in [0.5, 0.6) is 0 Å². The summed E-state index contributed by atoms with van der Waals surface area (Å²) in [6.45, 7) is 2.01. The highest BCUT2D eigenvalue weighted by atomic mass is 33.1. The summed E-state index contributed by atoms with van der Waals surface area (Å²) >= 11 is 0. The van der Waals surface area contributed by atoms with E-state index >= 15 is 0 Å². The summed E-state index contributed by atoms with van der Waals surface area (Å²) in [4.78, 5) is 21.5. The molecule has 0 aliphatic heterocycles. The Morgan fingerprint density at radius 1 is 1.25 bits per heavy atom. The minimum atomic E-state index is -1.04. The molecule has 8 heteroatoms. The molecule has 0 unspecified atom stereocenters. The van der Waals surface area contributed by atoms with E-state index in [0.29, 0.717) is 12.4 Å². The van der Waals surface area contributed by atoms with Crippen molar-refractivity contribution in [3.63, 3.8) is 0 Å². The maximum absolute atomic E-state index is 11.1. The van der Waals surface area contributed by atoms with Gasteiger partial charge < -0.3 is 21.3 Å². The minimum absolute atomic E-state index is 0.273. The lowest BCUT2D eigenvalue weighted by atomic mass is 10.4. The van der Waals surface area contributed by atoms with Gasteiger partial charge in [0.05, 0.1) is 6.61 Å². The quantitative estimate of drug-likeness (QED) is 0.311. The van der Waals surface area contributed by atoms with Gasteiger partial charge in [-0.2, -0.15) is 0 Å². The number of ether oxygens (including phenoxy) is 1. The van der Waals surface area contributed by atoms with Gasteiger partial charge >= 0.3 is 11.9 Å². The topological polar surface area (TPSA) is 116 Å². The van der Waals surface area contributed by atoms with Crippen LogP contribution in [0.25, 0.3) is 0 Å². The molecule has 6 nitrogen and oxygen atoms in total. The van der Waals surface area contributed by atoms with Crippen LogP contribution in [0.2, 0.25) is 0 Å². The van der Waals surface area contributed by atoms with Gasteiger partial charge in [0.2, 0.25) is 0 Å². The number of rotatable bonds is 8. The van der Waals surface area contributed by atoms with Crippen molar-refractivity contribution in [2.75, 3.05) is 18.1 Å². The van der Waals surface area contributed by atoms with Crippen LogP contribution in [-0.4, -0.2) is 47.2 Å². The Morgan fingerprint density at radius 2 is 1.75 bits per heavy atom. The van der Waals surface area contributed by atoms with Gasteiger partial charge in [-0.25, -0.2) is 0 Å². The molecule has 0 aromatic carbocycles. The van der Waals surface area contributed by atoms with Crippen LogP contribution in [0.1, 0.15) is 6.92 Å². The molecule has 0 aromatic rings. The first-order valence-corrected chi connectivity index (χ1v) is 7.12. The van der Waals surface area contributed by atoms with Crippen molar-refractivity contribution in [2.45, 2.75) is 19.0 Å². The molecular formula is C8H16N2O4S2. The van der Waals surface area contributed by atoms with Crippen molar-refractivity contribution in [1.29, 1.82) is 0 Å². The molecule has 94 valence electrons. The van der Waals surface area contributed by atoms with Crippen molar-refractivity contribution in [1.82, 2.24) is 0 Å². The van der Waals surface area contributed by atoms with E-state index in [1.165, 1.54) is 21.6 Å². The van der Waals surface area contributed by atoms with Crippen LogP contribution < -0.4 is 11.5 Å². The van der Waals surface area contributed by atoms with Crippen LogP contribution in [0.15, 0.2) is 0 Å². The molecule has 0 spiro atoms. The van der Waals surface area contributed by atoms with Gasteiger partial charge in [-0.15, -0.1) is 0 Å². The molecule has 0 radical (unpaired) electrons. The van der Waals surface area contributed by atoms with Gasteiger partial charge in [-0.1, -0.05) is 21.6 Å². The van der Waals surface area contributed by atoms with Crippen molar-refractivity contribution < 1.29 is 19.4 Å². The fraction of sp³-hybridized carbons (Fsp3) is 0.750. The summed E-state index contributed by atoms with van der Waals surface area (Å²) in [5.74, 6) is -0.841. The predicted octanol–water partition coefficient (Wildman–Crippen LogP) is -0.330. The number of carbonyl (C=O) groups excluding carboxylic acids is 1. The predicted molar refractivity (Wildman–Crippen MR) is 65.1 cm³/mol. The summed E-state index contributed by atoms with van der Waals surface area (Å²) in [6, 6.07) is -1.57. The van der Waals surface area contributed by atoms with E-state index < -0.39 is 24.0 Å². The second-order valence-electron chi connectivity index (χ2n) is 2.87. The van der Waals surface area contributed by atoms with E-state index in [2.05, 4.69) is 0 Å². The molecule has 0 rings (SSSR count). The zero-order valence-corrected chi connectivity index (χ0v) is 10.6. The van der Waals surface area contributed by atoms with Gasteiger partial charge in [-0.3, -0.25) is 9.59 Å². The van der Waals surface area contributed by atoms with Crippen molar-refractivity contribution in [2.24, 2.45) is 11.5 Å². The Balaban J connectivity index is 3.58. The molecule has 0 saturated carbocycles. The lowest BCUT2D eigenvalue weighted by Gasteiger charge is -2.10. The highest BCUT2D eigenvalue weighted by Gasteiger charge is 2.16. The molecule has 0 fully saturated rings. The van der Waals surface area contributed by atoms with E-state index in [1.54, 1.807) is 6.92 Å². The second kappa shape index (κ2) is 8.68. The van der Waals surface area contributed by atoms with Gasteiger partial charge in [0.1, 0.15) is 12.1 Å². The standard InChI is InChI=1S/C8H16N2O4S2/c1-2-14-8(13)6(10)4-16-15-3-5(9)7(11)12/h5-6H,2-4,9-10H2,1H3,(H,11,12)/t5-,6-/m0/s1. The highest BCUT2D eigenvalue weighted by molar-refractivity contribution is 8.76. The first-order chi connectivity index (χ1) is 7.49.